The van der Waals surface area contributed by atoms with Gasteiger partial charge in [0.1, 0.15) is 0 Å². The van der Waals surface area contributed by atoms with Gasteiger partial charge in [0.2, 0.25) is 0 Å². The fraction of sp³-hybridized carbons (Fsp3) is 0.381. The number of rotatable bonds is 3. The average Bonchev–Trinajstić information content (AvgIpc) is 3.24. The second kappa shape index (κ2) is 7.14. The van der Waals surface area contributed by atoms with Crippen LogP contribution in [0.4, 0.5) is 17.3 Å². The monoisotopic (exact) mass is 424 g/mol. The van der Waals surface area contributed by atoms with Crippen LogP contribution in [0.1, 0.15) is 25.1 Å². The fourth-order valence-corrected chi connectivity index (χ4v) is 4.63. The van der Waals surface area contributed by atoms with Crippen LogP contribution in [-0.4, -0.2) is 50.0 Å². The summed E-state index contributed by atoms with van der Waals surface area (Å²) in [6, 6.07) is 6.96. The Bertz CT molecular complexity index is 1230. The SMILES string of the molecule is Cc1cn2nc(Nc3n[nH]c4cc(N5C[C@@H](C)N[C@H](C)C5)cc(Cl)c34)cc(C)c2n1. The Balaban J connectivity index is 1.49. The summed E-state index contributed by atoms with van der Waals surface area (Å²) in [6.07, 6.45) is 1.91. The first kappa shape index (κ1) is 19.1. The third-order valence-electron chi connectivity index (χ3n) is 5.50. The van der Waals surface area contributed by atoms with E-state index in [1.165, 1.54) is 0 Å². The summed E-state index contributed by atoms with van der Waals surface area (Å²) in [6.45, 7) is 10.3. The van der Waals surface area contributed by atoms with E-state index in [2.05, 4.69) is 55.7 Å². The van der Waals surface area contributed by atoms with Gasteiger partial charge in [-0.05, 0) is 51.5 Å². The second-order valence-corrected chi connectivity index (χ2v) is 8.69. The molecule has 30 heavy (non-hydrogen) atoms. The maximum Gasteiger partial charge on any atom is 0.162 e. The van der Waals surface area contributed by atoms with Crippen LogP contribution in [0, 0.1) is 13.8 Å². The van der Waals surface area contributed by atoms with Gasteiger partial charge in [-0.15, -0.1) is 5.10 Å². The summed E-state index contributed by atoms with van der Waals surface area (Å²) in [5, 5.41) is 20.6. The molecular formula is C21H25ClN8. The number of imidazole rings is 1. The van der Waals surface area contributed by atoms with Crippen molar-refractivity contribution in [2.45, 2.75) is 39.8 Å². The van der Waals surface area contributed by atoms with Crippen molar-refractivity contribution >= 4 is 45.5 Å². The number of nitrogens with one attached hydrogen (secondary N) is 3. The highest BCUT2D eigenvalue weighted by molar-refractivity contribution is 6.36. The van der Waals surface area contributed by atoms with Crippen molar-refractivity contribution in [1.29, 1.82) is 0 Å². The first-order chi connectivity index (χ1) is 14.4. The molecule has 0 bridgehead atoms. The molecule has 0 aliphatic carbocycles. The molecule has 1 saturated heterocycles. The predicted molar refractivity (Wildman–Crippen MR) is 121 cm³/mol. The van der Waals surface area contributed by atoms with Crippen LogP contribution >= 0.6 is 11.6 Å². The molecule has 1 aliphatic rings. The summed E-state index contributed by atoms with van der Waals surface area (Å²) in [5.74, 6) is 1.35. The van der Waals surface area contributed by atoms with E-state index in [-0.39, 0.29) is 0 Å². The number of benzene rings is 1. The number of aromatic nitrogens is 5. The van der Waals surface area contributed by atoms with E-state index in [1.807, 2.05) is 32.2 Å². The maximum atomic E-state index is 6.72. The van der Waals surface area contributed by atoms with Gasteiger partial charge in [-0.3, -0.25) is 5.10 Å². The normalized spacial score (nSPS) is 19.7. The zero-order valence-electron chi connectivity index (χ0n) is 17.5. The van der Waals surface area contributed by atoms with Gasteiger partial charge < -0.3 is 15.5 Å². The third-order valence-corrected chi connectivity index (χ3v) is 5.80. The Morgan fingerprint density at radius 2 is 1.90 bits per heavy atom. The highest BCUT2D eigenvalue weighted by Gasteiger charge is 2.23. The molecule has 1 aromatic carbocycles. The summed E-state index contributed by atoms with van der Waals surface area (Å²) >= 11 is 6.72. The van der Waals surface area contributed by atoms with E-state index >= 15 is 0 Å². The molecule has 0 radical (unpaired) electrons. The topological polar surface area (TPSA) is 86.2 Å². The van der Waals surface area contributed by atoms with Crippen LogP contribution in [0.5, 0.6) is 0 Å². The van der Waals surface area contributed by atoms with E-state index in [0.29, 0.717) is 28.7 Å². The molecule has 1 fully saturated rings. The number of aromatic amines is 1. The molecule has 0 spiro atoms. The van der Waals surface area contributed by atoms with E-state index in [0.717, 1.165) is 46.6 Å². The first-order valence-electron chi connectivity index (χ1n) is 10.2. The van der Waals surface area contributed by atoms with Gasteiger partial charge in [0.15, 0.2) is 17.3 Å². The lowest BCUT2D eigenvalue weighted by atomic mass is 10.1. The van der Waals surface area contributed by atoms with Crippen molar-refractivity contribution in [2.24, 2.45) is 0 Å². The minimum absolute atomic E-state index is 0.429. The van der Waals surface area contributed by atoms with Crippen molar-refractivity contribution in [2.75, 3.05) is 23.3 Å². The maximum absolute atomic E-state index is 6.72. The van der Waals surface area contributed by atoms with Crippen molar-refractivity contribution in [1.82, 2.24) is 30.1 Å². The Morgan fingerprint density at radius 3 is 2.67 bits per heavy atom. The summed E-state index contributed by atoms with van der Waals surface area (Å²) in [4.78, 5) is 6.87. The molecule has 5 rings (SSSR count). The molecule has 0 amide bonds. The fourth-order valence-electron chi connectivity index (χ4n) is 4.33. The number of halogens is 1. The molecule has 3 aromatic heterocycles. The highest BCUT2D eigenvalue weighted by atomic mass is 35.5. The molecule has 1 aliphatic heterocycles. The summed E-state index contributed by atoms with van der Waals surface area (Å²) in [7, 11) is 0. The zero-order valence-corrected chi connectivity index (χ0v) is 18.2. The van der Waals surface area contributed by atoms with Gasteiger partial charge in [0, 0.05) is 30.9 Å². The second-order valence-electron chi connectivity index (χ2n) is 8.28. The van der Waals surface area contributed by atoms with Gasteiger partial charge in [-0.1, -0.05) is 11.6 Å². The lowest BCUT2D eigenvalue weighted by Crippen LogP contribution is -2.54. The summed E-state index contributed by atoms with van der Waals surface area (Å²) in [5.41, 5.74) is 4.82. The van der Waals surface area contributed by atoms with Crippen molar-refractivity contribution < 1.29 is 0 Å². The third kappa shape index (κ3) is 3.36. The minimum Gasteiger partial charge on any atom is -0.368 e. The highest BCUT2D eigenvalue weighted by Crippen LogP contribution is 2.35. The number of hydrogen-bond donors (Lipinski definition) is 3. The number of piperazine rings is 1. The lowest BCUT2D eigenvalue weighted by Gasteiger charge is -2.37. The molecular weight excluding hydrogens is 400 g/mol. The van der Waals surface area contributed by atoms with Gasteiger partial charge in [-0.25, -0.2) is 9.50 Å². The average molecular weight is 425 g/mol. The minimum atomic E-state index is 0.429. The Kier molecular flexibility index (Phi) is 4.56. The van der Waals surface area contributed by atoms with E-state index in [4.69, 9.17) is 11.6 Å². The van der Waals surface area contributed by atoms with Gasteiger partial charge in [0.25, 0.3) is 0 Å². The van der Waals surface area contributed by atoms with Gasteiger partial charge in [0.05, 0.1) is 27.8 Å². The van der Waals surface area contributed by atoms with E-state index in [9.17, 15) is 0 Å². The van der Waals surface area contributed by atoms with Crippen LogP contribution in [0.3, 0.4) is 0 Å². The molecule has 8 nitrogen and oxygen atoms in total. The van der Waals surface area contributed by atoms with E-state index < -0.39 is 0 Å². The standard InChI is InChI=1S/C21H25ClN8/c1-11-5-18(28-30-10-14(4)24-21(11)30)25-20-19-16(22)6-15(7-17(19)26-27-20)29-8-12(2)23-13(3)9-29/h5-7,10,12-13,23H,8-9H2,1-4H3,(H2,25,26,27,28)/t12-,13-/m1/s1. The number of aryl methyl sites for hydroxylation is 2. The van der Waals surface area contributed by atoms with Crippen molar-refractivity contribution in [3.63, 3.8) is 0 Å². The molecule has 3 N–H and O–H groups in total. The largest absolute Gasteiger partial charge is 0.368 e. The van der Waals surface area contributed by atoms with Crippen LogP contribution < -0.4 is 15.5 Å². The Hall–Kier alpha value is -2.84. The number of nitrogens with zero attached hydrogens (tertiary/aromatic N) is 5. The van der Waals surface area contributed by atoms with Crippen molar-refractivity contribution in [3.05, 3.63) is 40.7 Å². The number of anilines is 3. The Labute approximate surface area is 179 Å². The van der Waals surface area contributed by atoms with Crippen LogP contribution in [0.25, 0.3) is 16.6 Å². The van der Waals surface area contributed by atoms with Gasteiger partial charge in [-0.2, -0.15) is 5.10 Å². The molecule has 2 atom stereocenters. The number of hydrogen-bond acceptors (Lipinski definition) is 6. The Morgan fingerprint density at radius 1 is 1.13 bits per heavy atom. The number of fused-ring (bicyclic) bond motifs is 2. The number of H-pyrrole nitrogens is 1. The molecule has 9 heteroatoms. The molecule has 156 valence electrons. The quantitative estimate of drug-likeness (QED) is 0.463. The van der Waals surface area contributed by atoms with Crippen LogP contribution in [0.15, 0.2) is 24.4 Å². The molecule has 4 aromatic rings. The van der Waals surface area contributed by atoms with Crippen LogP contribution in [-0.2, 0) is 0 Å². The van der Waals surface area contributed by atoms with Crippen LogP contribution in [0.2, 0.25) is 5.02 Å². The predicted octanol–water partition coefficient (Wildman–Crippen LogP) is 3.81. The smallest absolute Gasteiger partial charge is 0.162 e. The molecule has 0 saturated carbocycles. The first-order valence-corrected chi connectivity index (χ1v) is 10.5. The molecule has 4 heterocycles. The zero-order chi connectivity index (χ0) is 21.0. The lowest BCUT2D eigenvalue weighted by molar-refractivity contribution is 0.407. The summed E-state index contributed by atoms with van der Waals surface area (Å²) < 4.78 is 1.79. The van der Waals surface area contributed by atoms with E-state index in [1.54, 1.807) is 4.52 Å². The molecule has 0 unspecified atom stereocenters. The van der Waals surface area contributed by atoms with Crippen molar-refractivity contribution in [3.8, 4) is 0 Å². The van der Waals surface area contributed by atoms with Gasteiger partial charge >= 0.3 is 0 Å².